The summed E-state index contributed by atoms with van der Waals surface area (Å²) in [6.45, 7) is 1.80. The summed E-state index contributed by atoms with van der Waals surface area (Å²) in [6.07, 6.45) is 5.72. The maximum Gasteiger partial charge on any atom is 0.224 e. The van der Waals surface area contributed by atoms with Crippen LogP contribution in [0.25, 0.3) is 0 Å². The van der Waals surface area contributed by atoms with Gasteiger partial charge in [-0.1, -0.05) is 12.2 Å². The van der Waals surface area contributed by atoms with Crippen LogP contribution in [0.4, 0.5) is 0 Å². The van der Waals surface area contributed by atoms with Crippen LogP contribution in [0.1, 0.15) is 19.8 Å². The zero-order chi connectivity index (χ0) is 8.97. The van der Waals surface area contributed by atoms with Gasteiger partial charge in [0.1, 0.15) is 0 Å². The number of aliphatic hydroxyl groups is 1. The summed E-state index contributed by atoms with van der Waals surface area (Å²) in [6, 6.07) is -0.127. The monoisotopic (exact) mass is 169 g/mol. The molecule has 0 aromatic rings. The first-order chi connectivity index (χ1) is 5.74. The highest BCUT2D eigenvalue weighted by molar-refractivity contribution is 5.79. The van der Waals surface area contributed by atoms with Gasteiger partial charge in [-0.2, -0.15) is 0 Å². The van der Waals surface area contributed by atoms with E-state index in [2.05, 4.69) is 5.32 Å². The first-order valence-corrected chi connectivity index (χ1v) is 4.30. The van der Waals surface area contributed by atoms with Gasteiger partial charge in [-0.15, -0.1) is 0 Å². The van der Waals surface area contributed by atoms with Crippen LogP contribution < -0.4 is 5.32 Å². The molecule has 1 aliphatic carbocycles. The highest BCUT2D eigenvalue weighted by Crippen LogP contribution is 2.17. The van der Waals surface area contributed by atoms with Gasteiger partial charge in [-0.25, -0.2) is 0 Å². The van der Waals surface area contributed by atoms with Crippen molar-refractivity contribution in [2.45, 2.75) is 25.8 Å². The normalized spacial score (nSPS) is 19.5. The van der Waals surface area contributed by atoms with Crippen molar-refractivity contribution in [2.75, 3.05) is 6.61 Å². The minimum atomic E-state index is -0.127. The highest BCUT2D eigenvalue weighted by Gasteiger charge is 2.19. The number of carbonyl (C=O) groups is 1. The van der Waals surface area contributed by atoms with E-state index in [0.717, 1.165) is 12.8 Å². The van der Waals surface area contributed by atoms with Gasteiger partial charge >= 0.3 is 0 Å². The molecule has 0 heterocycles. The minimum absolute atomic E-state index is 0.00584. The van der Waals surface area contributed by atoms with Crippen molar-refractivity contribution in [3.63, 3.8) is 0 Å². The third kappa shape index (κ3) is 2.34. The van der Waals surface area contributed by atoms with Gasteiger partial charge in [-0.3, -0.25) is 4.79 Å². The Bertz CT molecular complexity index is 181. The lowest BCUT2D eigenvalue weighted by molar-refractivity contribution is -0.125. The molecule has 0 spiro atoms. The van der Waals surface area contributed by atoms with Crippen LogP contribution in [0.2, 0.25) is 0 Å². The second-order valence-electron chi connectivity index (χ2n) is 3.23. The summed E-state index contributed by atoms with van der Waals surface area (Å²) in [7, 11) is 0. The van der Waals surface area contributed by atoms with E-state index in [4.69, 9.17) is 5.11 Å². The van der Waals surface area contributed by atoms with E-state index in [1.54, 1.807) is 6.92 Å². The number of carbonyl (C=O) groups excluding carboxylic acids is 1. The summed E-state index contributed by atoms with van der Waals surface area (Å²) in [5.41, 5.74) is 0. The van der Waals surface area contributed by atoms with Crippen molar-refractivity contribution in [3.05, 3.63) is 12.2 Å². The third-order valence-electron chi connectivity index (χ3n) is 2.04. The van der Waals surface area contributed by atoms with E-state index < -0.39 is 0 Å². The Labute approximate surface area is 72.5 Å². The Kier molecular flexibility index (Phi) is 3.29. The molecule has 1 aliphatic rings. The number of aliphatic hydroxyl groups excluding tert-OH is 1. The summed E-state index contributed by atoms with van der Waals surface area (Å²) < 4.78 is 0. The SMILES string of the molecule is CC(CO)NC(=O)C1CC=CC1. The third-order valence-corrected chi connectivity index (χ3v) is 2.04. The molecule has 2 N–H and O–H groups in total. The van der Waals surface area contributed by atoms with Crippen molar-refractivity contribution in [2.24, 2.45) is 5.92 Å². The molecule has 1 amide bonds. The number of nitrogens with one attached hydrogen (secondary N) is 1. The van der Waals surface area contributed by atoms with E-state index >= 15 is 0 Å². The maximum absolute atomic E-state index is 11.4. The minimum Gasteiger partial charge on any atom is -0.394 e. The van der Waals surface area contributed by atoms with Gasteiger partial charge in [0, 0.05) is 12.0 Å². The molecule has 3 nitrogen and oxygen atoms in total. The summed E-state index contributed by atoms with van der Waals surface area (Å²) in [5.74, 6) is 0.153. The second-order valence-corrected chi connectivity index (χ2v) is 3.23. The van der Waals surface area contributed by atoms with E-state index in [0.29, 0.717) is 0 Å². The van der Waals surface area contributed by atoms with Crippen molar-refractivity contribution < 1.29 is 9.90 Å². The van der Waals surface area contributed by atoms with E-state index in [9.17, 15) is 4.79 Å². The lowest BCUT2D eigenvalue weighted by atomic mass is 10.1. The fourth-order valence-electron chi connectivity index (χ4n) is 1.24. The van der Waals surface area contributed by atoms with Crippen LogP contribution in [0.15, 0.2) is 12.2 Å². The smallest absolute Gasteiger partial charge is 0.224 e. The molecular formula is C9H15NO2. The van der Waals surface area contributed by atoms with Gasteiger partial charge in [0.2, 0.25) is 5.91 Å². The molecule has 1 rings (SSSR count). The van der Waals surface area contributed by atoms with Gasteiger partial charge in [0.15, 0.2) is 0 Å². The zero-order valence-electron chi connectivity index (χ0n) is 7.29. The summed E-state index contributed by atoms with van der Waals surface area (Å²) in [5, 5.41) is 11.4. The predicted octanol–water partition coefficient (Wildman–Crippen LogP) is 0.450. The maximum atomic E-state index is 11.4. The molecule has 0 saturated carbocycles. The van der Waals surface area contributed by atoms with E-state index in [1.165, 1.54) is 0 Å². The van der Waals surface area contributed by atoms with E-state index in [1.807, 2.05) is 12.2 Å². The molecule has 0 bridgehead atoms. The molecule has 3 heteroatoms. The molecular weight excluding hydrogens is 154 g/mol. The quantitative estimate of drug-likeness (QED) is 0.603. The van der Waals surface area contributed by atoms with Crippen LogP contribution in [0.5, 0.6) is 0 Å². The molecule has 1 unspecified atom stereocenters. The summed E-state index contributed by atoms with van der Waals surface area (Å²) in [4.78, 5) is 11.4. The number of amides is 1. The Balaban J connectivity index is 2.28. The van der Waals surface area contributed by atoms with Crippen LogP contribution in [-0.4, -0.2) is 23.7 Å². The Morgan fingerprint density at radius 3 is 2.75 bits per heavy atom. The first-order valence-electron chi connectivity index (χ1n) is 4.30. The van der Waals surface area contributed by atoms with Gasteiger partial charge < -0.3 is 10.4 Å². The number of allylic oxidation sites excluding steroid dienone is 2. The second kappa shape index (κ2) is 4.26. The number of hydrogen-bond donors (Lipinski definition) is 2. The fraction of sp³-hybridized carbons (Fsp3) is 0.667. The van der Waals surface area contributed by atoms with Crippen molar-refractivity contribution in [3.8, 4) is 0 Å². The zero-order valence-corrected chi connectivity index (χ0v) is 7.29. The summed E-state index contributed by atoms with van der Waals surface area (Å²) >= 11 is 0. The van der Waals surface area contributed by atoms with Crippen LogP contribution in [0, 0.1) is 5.92 Å². The van der Waals surface area contributed by atoms with Crippen LogP contribution >= 0.6 is 0 Å². The average Bonchev–Trinajstić information content (AvgIpc) is 2.56. The number of hydrogen-bond acceptors (Lipinski definition) is 2. The molecule has 12 heavy (non-hydrogen) atoms. The Hall–Kier alpha value is -0.830. The topological polar surface area (TPSA) is 49.3 Å². The van der Waals surface area contributed by atoms with Gasteiger partial charge in [0.05, 0.1) is 6.61 Å². The highest BCUT2D eigenvalue weighted by atomic mass is 16.3. The molecule has 0 radical (unpaired) electrons. The molecule has 0 aromatic heterocycles. The molecule has 0 fully saturated rings. The predicted molar refractivity (Wildman–Crippen MR) is 46.6 cm³/mol. The fourth-order valence-corrected chi connectivity index (χ4v) is 1.24. The van der Waals surface area contributed by atoms with Crippen LogP contribution in [-0.2, 0) is 4.79 Å². The Morgan fingerprint density at radius 2 is 2.25 bits per heavy atom. The largest absolute Gasteiger partial charge is 0.394 e. The first kappa shape index (κ1) is 9.26. The number of rotatable bonds is 3. The van der Waals surface area contributed by atoms with Crippen molar-refractivity contribution in [1.29, 1.82) is 0 Å². The molecule has 0 aromatic carbocycles. The van der Waals surface area contributed by atoms with Gasteiger partial charge in [0.25, 0.3) is 0 Å². The lowest BCUT2D eigenvalue weighted by Gasteiger charge is -2.14. The molecule has 0 aliphatic heterocycles. The lowest BCUT2D eigenvalue weighted by Crippen LogP contribution is -2.38. The average molecular weight is 169 g/mol. The van der Waals surface area contributed by atoms with Crippen molar-refractivity contribution >= 4 is 5.91 Å². The van der Waals surface area contributed by atoms with Crippen LogP contribution in [0.3, 0.4) is 0 Å². The van der Waals surface area contributed by atoms with E-state index in [-0.39, 0.29) is 24.5 Å². The standard InChI is InChI=1S/C9H15NO2/c1-7(6-11)10-9(12)8-4-2-3-5-8/h2-3,7-8,11H,4-6H2,1H3,(H,10,12). The molecule has 0 saturated heterocycles. The van der Waals surface area contributed by atoms with Gasteiger partial charge in [-0.05, 0) is 19.8 Å². The van der Waals surface area contributed by atoms with Crippen molar-refractivity contribution in [1.82, 2.24) is 5.32 Å². The molecule has 1 atom stereocenters. The molecule has 68 valence electrons. The Morgan fingerprint density at radius 1 is 1.67 bits per heavy atom.